The number of alkyl carbamates (subject to hydrolysis) is 1. The predicted molar refractivity (Wildman–Crippen MR) is 180 cm³/mol. The number of amides is 3. The van der Waals surface area contributed by atoms with E-state index in [-0.39, 0.29) is 29.1 Å². The molecule has 0 radical (unpaired) electrons. The van der Waals surface area contributed by atoms with Crippen LogP contribution in [0, 0.1) is 11.3 Å². The van der Waals surface area contributed by atoms with Crippen LogP contribution in [-0.4, -0.2) is 57.8 Å². The lowest BCUT2D eigenvalue weighted by Crippen LogP contribution is -2.57. The minimum atomic E-state index is -0.568. The molecule has 8 heteroatoms. The molecule has 6 rings (SSSR count). The van der Waals surface area contributed by atoms with Crippen LogP contribution in [0.4, 0.5) is 9.59 Å². The van der Waals surface area contributed by atoms with E-state index in [1.54, 1.807) is 6.07 Å². The molecule has 3 amide bonds. The number of carbonyl (C=O) groups excluding carboxylic acids is 2. The van der Waals surface area contributed by atoms with Gasteiger partial charge in [0.1, 0.15) is 5.60 Å². The summed E-state index contributed by atoms with van der Waals surface area (Å²) >= 11 is 0. The lowest BCUT2D eigenvalue weighted by molar-refractivity contribution is 0.0195. The first kappa shape index (κ1) is 31.9. The molecule has 3 aromatic rings. The number of ether oxygens (including phenoxy) is 1. The molecule has 46 heavy (non-hydrogen) atoms. The molecule has 244 valence electrons. The standard InChI is InChI=1S/C38H48N4O4/c1-37(2,3)46-35(44)39-32-18-23-42(33(25-32)29-14-8-5-9-15-29)36(45)41-22-17-31(38(27-41)19-10-11-20-38)26-40-21-16-30(24-34(40)43)28-12-6-4-7-13-28/h4-9,12-16,21,24,31-33H,10-11,17-20,22-23,25-27H2,1-3H3,(H,39,44)/t31-,32+,33-/m0/s1. The topological polar surface area (TPSA) is 83.9 Å². The summed E-state index contributed by atoms with van der Waals surface area (Å²) in [6, 6.07) is 23.8. The lowest BCUT2D eigenvalue weighted by Gasteiger charge is -2.49. The summed E-state index contributed by atoms with van der Waals surface area (Å²) < 4.78 is 7.41. The molecule has 2 saturated heterocycles. The number of hydrogen-bond acceptors (Lipinski definition) is 4. The Morgan fingerprint density at radius 2 is 1.61 bits per heavy atom. The second-order valence-corrected chi connectivity index (χ2v) is 14.5. The molecule has 1 N–H and O–H groups in total. The average Bonchev–Trinajstić information content (AvgIpc) is 3.51. The van der Waals surface area contributed by atoms with Gasteiger partial charge in [0.2, 0.25) is 0 Å². The summed E-state index contributed by atoms with van der Waals surface area (Å²) in [5, 5.41) is 3.06. The zero-order valence-corrected chi connectivity index (χ0v) is 27.5. The van der Waals surface area contributed by atoms with Crippen molar-refractivity contribution >= 4 is 12.1 Å². The van der Waals surface area contributed by atoms with Crippen LogP contribution in [0.15, 0.2) is 83.8 Å². The molecule has 1 aromatic heterocycles. The molecule has 8 nitrogen and oxygen atoms in total. The SMILES string of the molecule is CC(C)(C)OC(=O)N[C@@H]1CCN(C(=O)N2CC[C@@H](Cn3ccc(-c4ccccc4)cc3=O)C3(CCCC3)C2)[C@H](c2ccccc2)C1. The molecule has 2 aliphatic heterocycles. The smallest absolute Gasteiger partial charge is 0.407 e. The van der Waals surface area contributed by atoms with Crippen molar-refractivity contribution in [1.29, 1.82) is 0 Å². The zero-order valence-electron chi connectivity index (χ0n) is 27.5. The fraction of sp³-hybridized carbons (Fsp3) is 0.500. The van der Waals surface area contributed by atoms with Gasteiger partial charge in [-0.05, 0) is 87.0 Å². The first-order valence-electron chi connectivity index (χ1n) is 17.0. The van der Waals surface area contributed by atoms with Crippen LogP contribution in [-0.2, 0) is 11.3 Å². The molecule has 3 atom stereocenters. The summed E-state index contributed by atoms with van der Waals surface area (Å²) in [5.41, 5.74) is 2.54. The monoisotopic (exact) mass is 624 g/mol. The van der Waals surface area contributed by atoms with Gasteiger partial charge >= 0.3 is 12.1 Å². The second-order valence-electron chi connectivity index (χ2n) is 14.5. The van der Waals surface area contributed by atoms with Gasteiger partial charge in [0, 0.05) is 44.5 Å². The van der Waals surface area contributed by atoms with Crippen molar-refractivity contribution in [3.8, 4) is 11.1 Å². The van der Waals surface area contributed by atoms with Crippen molar-refractivity contribution in [2.45, 2.75) is 89.9 Å². The van der Waals surface area contributed by atoms with Gasteiger partial charge in [-0.2, -0.15) is 0 Å². The molecule has 0 bridgehead atoms. The number of benzene rings is 2. The Bertz CT molecular complexity index is 1560. The van der Waals surface area contributed by atoms with E-state index < -0.39 is 11.7 Å². The quantitative estimate of drug-likeness (QED) is 0.324. The molecule has 1 spiro atoms. The number of hydrogen-bond donors (Lipinski definition) is 1. The normalized spacial score (nSPS) is 22.9. The van der Waals surface area contributed by atoms with E-state index in [1.807, 2.05) is 91.0 Å². The van der Waals surface area contributed by atoms with Crippen molar-refractivity contribution in [1.82, 2.24) is 19.7 Å². The number of rotatable bonds is 5. The zero-order chi connectivity index (χ0) is 32.3. The largest absolute Gasteiger partial charge is 0.444 e. The lowest BCUT2D eigenvalue weighted by atomic mass is 9.69. The van der Waals surface area contributed by atoms with Crippen molar-refractivity contribution in [2.75, 3.05) is 19.6 Å². The fourth-order valence-corrected chi connectivity index (χ4v) is 7.98. The first-order chi connectivity index (χ1) is 22.1. The van der Waals surface area contributed by atoms with Crippen LogP contribution < -0.4 is 10.9 Å². The van der Waals surface area contributed by atoms with Gasteiger partial charge in [0.25, 0.3) is 5.56 Å². The van der Waals surface area contributed by atoms with E-state index in [2.05, 4.69) is 22.3 Å². The predicted octanol–water partition coefficient (Wildman–Crippen LogP) is 7.25. The number of piperidine rings is 2. The van der Waals surface area contributed by atoms with Crippen LogP contribution >= 0.6 is 0 Å². The molecule has 0 unspecified atom stereocenters. The van der Waals surface area contributed by atoms with Gasteiger partial charge in [-0.1, -0.05) is 73.5 Å². The minimum absolute atomic E-state index is 0.0181. The van der Waals surface area contributed by atoms with Gasteiger partial charge in [0.05, 0.1) is 6.04 Å². The van der Waals surface area contributed by atoms with Crippen molar-refractivity contribution in [2.24, 2.45) is 11.3 Å². The summed E-state index contributed by atoms with van der Waals surface area (Å²) in [4.78, 5) is 44.3. The Morgan fingerprint density at radius 1 is 0.913 bits per heavy atom. The molecule has 1 saturated carbocycles. The van der Waals surface area contributed by atoms with Crippen LogP contribution in [0.5, 0.6) is 0 Å². The first-order valence-corrected chi connectivity index (χ1v) is 17.0. The van der Waals surface area contributed by atoms with E-state index in [4.69, 9.17) is 4.74 Å². The third-order valence-corrected chi connectivity index (χ3v) is 10.3. The summed E-state index contributed by atoms with van der Waals surface area (Å²) in [6.07, 6.45) is 8.23. The Hall–Kier alpha value is -4.07. The molecular weight excluding hydrogens is 576 g/mol. The maximum Gasteiger partial charge on any atom is 0.407 e. The highest BCUT2D eigenvalue weighted by Crippen LogP contribution is 2.49. The van der Waals surface area contributed by atoms with Crippen LogP contribution in [0.2, 0.25) is 0 Å². The van der Waals surface area contributed by atoms with Gasteiger partial charge in [-0.15, -0.1) is 0 Å². The highest BCUT2D eigenvalue weighted by Gasteiger charge is 2.47. The van der Waals surface area contributed by atoms with Gasteiger partial charge in [-0.25, -0.2) is 9.59 Å². The highest BCUT2D eigenvalue weighted by atomic mass is 16.6. The maximum atomic E-state index is 14.4. The highest BCUT2D eigenvalue weighted by molar-refractivity contribution is 5.75. The van der Waals surface area contributed by atoms with Gasteiger partial charge in [0.15, 0.2) is 0 Å². The van der Waals surface area contributed by atoms with Crippen molar-refractivity contribution in [3.05, 3.63) is 94.9 Å². The molecule has 3 aliphatic rings. The van der Waals surface area contributed by atoms with E-state index >= 15 is 0 Å². The number of urea groups is 1. The van der Waals surface area contributed by atoms with Crippen LogP contribution in [0.1, 0.15) is 77.3 Å². The van der Waals surface area contributed by atoms with E-state index in [9.17, 15) is 14.4 Å². The Labute approximate surface area is 272 Å². The third-order valence-electron chi connectivity index (χ3n) is 10.3. The molecule has 3 heterocycles. The number of carbonyl (C=O) groups is 2. The molecule has 1 aliphatic carbocycles. The van der Waals surface area contributed by atoms with Gasteiger partial charge < -0.3 is 24.4 Å². The number of aromatic nitrogens is 1. The fourth-order valence-electron chi connectivity index (χ4n) is 7.98. The summed E-state index contributed by atoms with van der Waals surface area (Å²) in [7, 11) is 0. The minimum Gasteiger partial charge on any atom is -0.444 e. The van der Waals surface area contributed by atoms with Crippen LogP contribution in [0.25, 0.3) is 11.1 Å². The number of likely N-dealkylation sites (tertiary alicyclic amines) is 2. The van der Waals surface area contributed by atoms with Crippen LogP contribution in [0.3, 0.4) is 0 Å². The van der Waals surface area contributed by atoms with Crippen molar-refractivity contribution < 1.29 is 14.3 Å². The van der Waals surface area contributed by atoms with Gasteiger partial charge in [-0.3, -0.25) is 4.79 Å². The number of pyridine rings is 1. The molecule has 2 aromatic carbocycles. The maximum absolute atomic E-state index is 14.4. The van der Waals surface area contributed by atoms with E-state index in [0.717, 1.165) is 55.3 Å². The number of nitrogens with one attached hydrogen (secondary N) is 1. The summed E-state index contributed by atoms with van der Waals surface area (Å²) in [6.45, 7) is 8.24. The average molecular weight is 625 g/mol. The van der Waals surface area contributed by atoms with Crippen molar-refractivity contribution in [3.63, 3.8) is 0 Å². The second kappa shape index (κ2) is 13.3. The molecular formula is C38H48N4O4. The Balaban J connectivity index is 1.16. The van der Waals surface area contributed by atoms with E-state index in [1.165, 1.54) is 0 Å². The number of nitrogens with zero attached hydrogens (tertiary/aromatic N) is 3. The Kier molecular flexibility index (Phi) is 9.25. The Morgan fingerprint density at radius 3 is 2.28 bits per heavy atom. The molecule has 3 fully saturated rings. The summed E-state index contributed by atoms with van der Waals surface area (Å²) in [5.74, 6) is 0.341. The van der Waals surface area contributed by atoms with E-state index in [0.29, 0.717) is 38.4 Å². The third kappa shape index (κ3) is 7.16.